The minimum atomic E-state index is 0.882. The molecule has 1 aromatic carbocycles. The number of nitrogens with zero attached hydrogens (tertiary/aromatic N) is 1. The Morgan fingerprint density at radius 3 is 2.33 bits per heavy atom. The van der Waals surface area contributed by atoms with E-state index < -0.39 is 0 Å². The third-order valence-corrected chi connectivity index (χ3v) is 3.21. The van der Waals surface area contributed by atoms with Gasteiger partial charge in [0.05, 0.1) is 39.8 Å². The fourth-order valence-corrected chi connectivity index (χ4v) is 2.02. The lowest BCUT2D eigenvalue weighted by Crippen LogP contribution is -3.12. The van der Waals surface area contributed by atoms with Crippen molar-refractivity contribution in [1.29, 1.82) is 0 Å². The molecule has 0 bridgehead atoms. The quantitative estimate of drug-likeness (QED) is 0.625. The van der Waals surface area contributed by atoms with E-state index in [2.05, 4.69) is 41.9 Å². The van der Waals surface area contributed by atoms with Crippen LogP contribution in [0.1, 0.15) is 5.56 Å². The molecule has 1 fully saturated rings. The number of hydrogen-bond acceptors (Lipinski definition) is 1. The zero-order chi connectivity index (χ0) is 10.7. The highest BCUT2D eigenvalue weighted by atomic mass is 15.2. The van der Waals surface area contributed by atoms with Gasteiger partial charge in [0.2, 0.25) is 0 Å². The molecule has 15 heavy (non-hydrogen) atoms. The van der Waals surface area contributed by atoms with Crippen LogP contribution in [0.25, 0.3) is 0 Å². The summed E-state index contributed by atoms with van der Waals surface area (Å²) in [4.78, 5) is 4.11. The molecule has 0 spiro atoms. The predicted molar refractivity (Wildman–Crippen MR) is 61.9 cm³/mol. The zero-order valence-electron chi connectivity index (χ0n) is 9.50. The first-order chi connectivity index (χ1) is 7.29. The van der Waals surface area contributed by atoms with Crippen LogP contribution in [0.3, 0.4) is 0 Å². The first-order valence-corrected chi connectivity index (χ1v) is 5.74. The van der Waals surface area contributed by atoms with Crippen molar-refractivity contribution in [3.8, 4) is 0 Å². The molecule has 0 saturated carbocycles. The van der Waals surface area contributed by atoms with Gasteiger partial charge < -0.3 is 15.5 Å². The second-order valence-corrected chi connectivity index (χ2v) is 4.36. The number of quaternary nitrogens is 2. The molecule has 1 aromatic rings. The van der Waals surface area contributed by atoms with E-state index in [1.807, 2.05) is 0 Å². The number of likely N-dealkylation sites (N-methyl/N-ethyl adjacent to an activating group) is 1. The maximum Gasteiger partial charge on any atom is 0.0997 e. The summed E-state index contributed by atoms with van der Waals surface area (Å²) in [6.45, 7) is 5.73. The summed E-state index contributed by atoms with van der Waals surface area (Å²) in [5.74, 6) is 0. The SMILES string of the molecule is C[NH+]1CCN(c2ccc(C[NH3+])cc2)CC1. The number of benzene rings is 1. The van der Waals surface area contributed by atoms with Gasteiger partial charge in [0.15, 0.2) is 0 Å². The Morgan fingerprint density at radius 2 is 1.80 bits per heavy atom. The molecule has 3 nitrogen and oxygen atoms in total. The lowest BCUT2D eigenvalue weighted by atomic mass is 10.2. The van der Waals surface area contributed by atoms with E-state index in [0.29, 0.717) is 0 Å². The van der Waals surface area contributed by atoms with E-state index in [1.54, 1.807) is 4.90 Å². The highest BCUT2D eigenvalue weighted by Gasteiger charge is 2.16. The molecule has 4 N–H and O–H groups in total. The first-order valence-electron chi connectivity index (χ1n) is 5.74. The molecular formula is C12H21N3+2. The van der Waals surface area contributed by atoms with Crippen molar-refractivity contribution in [2.24, 2.45) is 0 Å². The third kappa shape index (κ3) is 2.49. The van der Waals surface area contributed by atoms with Gasteiger partial charge in [0.25, 0.3) is 0 Å². The number of anilines is 1. The molecule has 1 aliphatic heterocycles. The van der Waals surface area contributed by atoms with Crippen LogP contribution in [0.15, 0.2) is 24.3 Å². The molecule has 0 unspecified atom stereocenters. The molecule has 82 valence electrons. The molecule has 1 saturated heterocycles. The summed E-state index contributed by atoms with van der Waals surface area (Å²) in [6, 6.07) is 8.82. The van der Waals surface area contributed by atoms with Crippen LogP contribution in [-0.2, 0) is 6.54 Å². The van der Waals surface area contributed by atoms with Gasteiger partial charge in [-0.05, 0) is 12.1 Å². The normalized spacial score (nSPS) is 18.1. The Bertz CT molecular complexity index is 299. The van der Waals surface area contributed by atoms with Crippen LogP contribution in [-0.4, -0.2) is 33.2 Å². The van der Waals surface area contributed by atoms with Crippen molar-refractivity contribution in [3.05, 3.63) is 29.8 Å². The van der Waals surface area contributed by atoms with Crippen molar-refractivity contribution in [2.75, 3.05) is 38.1 Å². The van der Waals surface area contributed by atoms with Crippen LogP contribution in [0, 0.1) is 0 Å². The Morgan fingerprint density at radius 1 is 1.20 bits per heavy atom. The minimum absolute atomic E-state index is 0.882. The predicted octanol–water partition coefficient (Wildman–Crippen LogP) is -1.24. The molecule has 2 rings (SSSR count). The largest absolute Gasteiger partial charge is 0.360 e. The topological polar surface area (TPSA) is 35.3 Å². The van der Waals surface area contributed by atoms with Crippen molar-refractivity contribution in [1.82, 2.24) is 0 Å². The maximum atomic E-state index is 3.89. The molecule has 1 heterocycles. The van der Waals surface area contributed by atoms with Gasteiger partial charge >= 0.3 is 0 Å². The minimum Gasteiger partial charge on any atom is -0.360 e. The Labute approximate surface area is 91.5 Å². The number of nitrogens with one attached hydrogen (secondary N) is 1. The number of rotatable bonds is 2. The van der Waals surface area contributed by atoms with Crippen LogP contribution >= 0.6 is 0 Å². The average Bonchev–Trinajstić information content (AvgIpc) is 2.30. The average molecular weight is 207 g/mol. The van der Waals surface area contributed by atoms with E-state index in [9.17, 15) is 0 Å². The summed E-state index contributed by atoms with van der Waals surface area (Å²) >= 11 is 0. The summed E-state index contributed by atoms with van der Waals surface area (Å²) in [5.41, 5.74) is 6.57. The van der Waals surface area contributed by atoms with Crippen molar-refractivity contribution in [2.45, 2.75) is 6.54 Å². The van der Waals surface area contributed by atoms with E-state index in [-0.39, 0.29) is 0 Å². The van der Waals surface area contributed by atoms with Gasteiger partial charge in [0, 0.05) is 11.3 Å². The van der Waals surface area contributed by atoms with Gasteiger partial charge in [-0.3, -0.25) is 0 Å². The summed E-state index contributed by atoms with van der Waals surface area (Å²) in [6.07, 6.45) is 0. The van der Waals surface area contributed by atoms with Crippen molar-refractivity contribution < 1.29 is 10.6 Å². The molecule has 0 atom stereocenters. The number of piperazine rings is 1. The van der Waals surface area contributed by atoms with E-state index >= 15 is 0 Å². The molecule has 3 heteroatoms. The fraction of sp³-hybridized carbons (Fsp3) is 0.500. The second kappa shape index (κ2) is 4.64. The lowest BCUT2D eigenvalue weighted by Gasteiger charge is -2.31. The highest BCUT2D eigenvalue weighted by molar-refractivity contribution is 5.47. The van der Waals surface area contributed by atoms with Gasteiger partial charge in [0.1, 0.15) is 0 Å². The molecular weight excluding hydrogens is 186 g/mol. The number of hydrogen-bond donors (Lipinski definition) is 2. The molecule has 0 amide bonds. The Balaban J connectivity index is 2.03. The summed E-state index contributed by atoms with van der Waals surface area (Å²) in [7, 11) is 2.27. The van der Waals surface area contributed by atoms with Crippen molar-refractivity contribution in [3.63, 3.8) is 0 Å². The smallest absolute Gasteiger partial charge is 0.0997 e. The first kappa shape index (κ1) is 10.5. The Hall–Kier alpha value is -1.06. The monoisotopic (exact) mass is 207 g/mol. The lowest BCUT2D eigenvalue weighted by molar-refractivity contribution is -0.880. The summed E-state index contributed by atoms with van der Waals surface area (Å²) in [5, 5.41) is 0. The molecule has 0 aliphatic carbocycles. The van der Waals surface area contributed by atoms with E-state index in [0.717, 1.165) is 6.54 Å². The molecule has 0 radical (unpaired) electrons. The second-order valence-electron chi connectivity index (χ2n) is 4.36. The van der Waals surface area contributed by atoms with Crippen LogP contribution in [0.4, 0.5) is 5.69 Å². The third-order valence-electron chi connectivity index (χ3n) is 3.21. The summed E-state index contributed by atoms with van der Waals surface area (Å²) < 4.78 is 0. The fourth-order valence-electron chi connectivity index (χ4n) is 2.02. The zero-order valence-corrected chi connectivity index (χ0v) is 9.50. The van der Waals surface area contributed by atoms with Gasteiger partial charge in [-0.1, -0.05) is 12.1 Å². The van der Waals surface area contributed by atoms with Crippen LogP contribution in [0.5, 0.6) is 0 Å². The van der Waals surface area contributed by atoms with Gasteiger partial charge in [-0.2, -0.15) is 0 Å². The molecule has 0 aromatic heterocycles. The van der Waals surface area contributed by atoms with E-state index in [4.69, 9.17) is 0 Å². The standard InChI is InChI=1S/C12H19N3/c1-14-6-8-15(9-7-14)12-4-2-11(10-13)3-5-12/h2-5H,6-10,13H2,1H3/p+2. The van der Waals surface area contributed by atoms with Crippen LogP contribution in [0.2, 0.25) is 0 Å². The van der Waals surface area contributed by atoms with Gasteiger partial charge in [-0.25, -0.2) is 0 Å². The van der Waals surface area contributed by atoms with Crippen molar-refractivity contribution >= 4 is 5.69 Å². The maximum absolute atomic E-state index is 3.89. The Kier molecular flexibility index (Phi) is 3.23. The molecule has 1 aliphatic rings. The van der Waals surface area contributed by atoms with E-state index in [1.165, 1.54) is 37.4 Å². The highest BCUT2D eigenvalue weighted by Crippen LogP contribution is 2.14. The van der Waals surface area contributed by atoms with Gasteiger partial charge in [-0.15, -0.1) is 0 Å². The van der Waals surface area contributed by atoms with Crippen LogP contribution < -0.4 is 15.5 Å².